The summed E-state index contributed by atoms with van der Waals surface area (Å²) in [4.78, 5) is 17.1. The summed E-state index contributed by atoms with van der Waals surface area (Å²) >= 11 is 0. The van der Waals surface area contributed by atoms with Gasteiger partial charge in [-0.3, -0.25) is 4.79 Å². The van der Waals surface area contributed by atoms with Gasteiger partial charge in [0.25, 0.3) is 0 Å². The van der Waals surface area contributed by atoms with E-state index in [0.717, 1.165) is 42.6 Å². The Hall–Kier alpha value is -1.42. The number of hydrogen-bond donors (Lipinski definition) is 2. The summed E-state index contributed by atoms with van der Waals surface area (Å²) in [5.74, 6) is 3.22. The molecular formula is C17H23N3O. The van der Waals surface area contributed by atoms with Crippen LogP contribution >= 0.6 is 0 Å². The van der Waals surface area contributed by atoms with Gasteiger partial charge in [0, 0.05) is 12.7 Å². The maximum atomic E-state index is 12.8. The van der Waals surface area contributed by atoms with E-state index >= 15 is 0 Å². The quantitative estimate of drug-likeness (QED) is 0.897. The number of carbonyl (C=O) groups is 1. The van der Waals surface area contributed by atoms with Gasteiger partial charge in [-0.1, -0.05) is 6.07 Å². The summed E-state index contributed by atoms with van der Waals surface area (Å²) in [6, 6.07) is 3.79. The van der Waals surface area contributed by atoms with E-state index in [1.54, 1.807) is 6.20 Å². The molecule has 0 unspecified atom stereocenters. The SMILES string of the molecule is NCc1ccc(NC(=O)C23CC4CC(CC(C4)C2)C3)nc1. The van der Waals surface area contributed by atoms with Gasteiger partial charge in [-0.15, -0.1) is 0 Å². The molecule has 0 atom stereocenters. The van der Waals surface area contributed by atoms with Crippen LogP contribution < -0.4 is 11.1 Å². The van der Waals surface area contributed by atoms with Crippen LogP contribution in [0.25, 0.3) is 0 Å². The molecule has 4 aliphatic rings. The Labute approximate surface area is 125 Å². The molecular weight excluding hydrogens is 262 g/mol. The van der Waals surface area contributed by atoms with Gasteiger partial charge >= 0.3 is 0 Å². The molecule has 21 heavy (non-hydrogen) atoms. The minimum atomic E-state index is -0.108. The third-order valence-electron chi connectivity index (χ3n) is 5.82. The average Bonchev–Trinajstić information content (AvgIpc) is 2.46. The maximum Gasteiger partial charge on any atom is 0.231 e. The zero-order chi connectivity index (χ0) is 14.4. The number of nitrogens with one attached hydrogen (secondary N) is 1. The van der Waals surface area contributed by atoms with Gasteiger partial charge in [-0.05, 0) is 67.9 Å². The molecule has 4 bridgehead atoms. The molecule has 0 aromatic carbocycles. The average molecular weight is 285 g/mol. The molecule has 1 amide bonds. The van der Waals surface area contributed by atoms with Crippen molar-refractivity contribution in [3.8, 4) is 0 Å². The summed E-state index contributed by atoms with van der Waals surface area (Å²) in [6.07, 6.45) is 9.08. The molecule has 5 rings (SSSR count). The molecule has 3 N–H and O–H groups in total. The van der Waals surface area contributed by atoms with Crippen LogP contribution in [0.5, 0.6) is 0 Å². The molecule has 4 nitrogen and oxygen atoms in total. The van der Waals surface area contributed by atoms with Crippen molar-refractivity contribution in [2.75, 3.05) is 5.32 Å². The fraction of sp³-hybridized carbons (Fsp3) is 0.647. The lowest BCUT2D eigenvalue weighted by atomic mass is 9.49. The predicted octanol–water partition coefficient (Wildman–Crippen LogP) is 2.70. The molecule has 1 aromatic heterocycles. The van der Waals surface area contributed by atoms with E-state index in [2.05, 4.69) is 10.3 Å². The largest absolute Gasteiger partial charge is 0.326 e. The van der Waals surface area contributed by atoms with E-state index in [4.69, 9.17) is 5.73 Å². The molecule has 0 saturated heterocycles. The van der Waals surface area contributed by atoms with Crippen LogP contribution in [0, 0.1) is 23.2 Å². The van der Waals surface area contributed by atoms with Gasteiger partial charge in [-0.25, -0.2) is 4.98 Å². The van der Waals surface area contributed by atoms with Crippen LogP contribution in [0.3, 0.4) is 0 Å². The van der Waals surface area contributed by atoms with E-state index in [0.29, 0.717) is 12.4 Å². The first-order chi connectivity index (χ1) is 10.2. The number of nitrogens with two attached hydrogens (primary N) is 1. The van der Waals surface area contributed by atoms with Gasteiger partial charge in [0.2, 0.25) is 5.91 Å². The minimum Gasteiger partial charge on any atom is -0.326 e. The van der Waals surface area contributed by atoms with Crippen LogP contribution in [-0.2, 0) is 11.3 Å². The van der Waals surface area contributed by atoms with Crippen LogP contribution in [0.2, 0.25) is 0 Å². The highest BCUT2D eigenvalue weighted by Gasteiger charge is 2.54. The Morgan fingerprint density at radius 2 is 1.81 bits per heavy atom. The zero-order valence-corrected chi connectivity index (χ0v) is 12.3. The van der Waals surface area contributed by atoms with Crippen molar-refractivity contribution in [2.45, 2.75) is 45.1 Å². The van der Waals surface area contributed by atoms with Gasteiger partial charge in [0.05, 0.1) is 5.41 Å². The Morgan fingerprint density at radius 1 is 1.19 bits per heavy atom. The number of carbonyl (C=O) groups excluding carboxylic acids is 1. The first-order valence-electron chi connectivity index (χ1n) is 8.13. The number of rotatable bonds is 3. The molecule has 1 heterocycles. The lowest BCUT2D eigenvalue weighted by molar-refractivity contribution is -0.140. The van der Waals surface area contributed by atoms with Crippen LogP contribution in [0.4, 0.5) is 5.82 Å². The first kappa shape index (κ1) is 13.3. The van der Waals surface area contributed by atoms with Crippen molar-refractivity contribution in [1.82, 2.24) is 4.98 Å². The second-order valence-corrected chi connectivity index (χ2v) is 7.41. The molecule has 4 fully saturated rings. The summed E-state index contributed by atoms with van der Waals surface area (Å²) in [7, 11) is 0. The van der Waals surface area contributed by atoms with E-state index in [-0.39, 0.29) is 11.3 Å². The number of aromatic nitrogens is 1. The van der Waals surface area contributed by atoms with E-state index in [1.165, 1.54) is 19.3 Å². The van der Waals surface area contributed by atoms with Crippen LogP contribution in [0.15, 0.2) is 18.3 Å². The summed E-state index contributed by atoms with van der Waals surface area (Å²) in [5, 5.41) is 3.06. The normalized spacial score (nSPS) is 36.7. The first-order valence-corrected chi connectivity index (χ1v) is 8.13. The standard InChI is InChI=1S/C17H23N3O/c18-9-11-1-2-15(19-10-11)20-16(21)17-6-12-3-13(7-17)5-14(4-12)8-17/h1-2,10,12-14H,3-9,18H2,(H,19,20,21). The Bertz CT molecular complexity index is 516. The van der Waals surface area contributed by atoms with E-state index in [9.17, 15) is 4.79 Å². The third-order valence-corrected chi connectivity index (χ3v) is 5.82. The fourth-order valence-electron chi connectivity index (χ4n) is 5.26. The Morgan fingerprint density at radius 3 is 2.29 bits per heavy atom. The molecule has 4 heteroatoms. The molecule has 112 valence electrons. The number of anilines is 1. The predicted molar refractivity (Wildman–Crippen MR) is 81.4 cm³/mol. The molecule has 0 radical (unpaired) electrons. The smallest absolute Gasteiger partial charge is 0.231 e. The topological polar surface area (TPSA) is 68.0 Å². The summed E-state index contributed by atoms with van der Waals surface area (Å²) in [5.41, 5.74) is 6.46. The van der Waals surface area contributed by atoms with Crippen molar-refractivity contribution < 1.29 is 4.79 Å². The van der Waals surface area contributed by atoms with Crippen molar-refractivity contribution in [3.05, 3.63) is 23.9 Å². The number of nitrogens with zero attached hydrogens (tertiary/aromatic N) is 1. The van der Waals surface area contributed by atoms with Gasteiger partial charge in [0.1, 0.15) is 5.82 Å². The van der Waals surface area contributed by atoms with Crippen molar-refractivity contribution in [3.63, 3.8) is 0 Å². The van der Waals surface area contributed by atoms with Gasteiger partial charge < -0.3 is 11.1 Å². The highest BCUT2D eigenvalue weighted by Crippen LogP contribution is 2.60. The van der Waals surface area contributed by atoms with Gasteiger partial charge in [-0.2, -0.15) is 0 Å². The summed E-state index contributed by atoms with van der Waals surface area (Å²) in [6.45, 7) is 0.482. The third kappa shape index (κ3) is 2.26. The van der Waals surface area contributed by atoms with E-state index in [1.807, 2.05) is 12.1 Å². The van der Waals surface area contributed by atoms with Crippen LogP contribution in [-0.4, -0.2) is 10.9 Å². The lowest BCUT2D eigenvalue weighted by Crippen LogP contribution is -2.51. The second-order valence-electron chi connectivity index (χ2n) is 7.41. The number of hydrogen-bond acceptors (Lipinski definition) is 3. The Kier molecular flexibility index (Phi) is 3.03. The molecule has 4 saturated carbocycles. The highest BCUT2D eigenvalue weighted by molar-refractivity contribution is 5.94. The van der Waals surface area contributed by atoms with Crippen LogP contribution in [0.1, 0.15) is 44.1 Å². The minimum absolute atomic E-state index is 0.108. The number of pyridine rings is 1. The molecule has 0 aliphatic heterocycles. The van der Waals surface area contributed by atoms with Crippen molar-refractivity contribution >= 4 is 11.7 Å². The fourth-order valence-corrected chi connectivity index (χ4v) is 5.26. The number of amides is 1. The molecule has 4 aliphatic carbocycles. The molecule has 0 spiro atoms. The lowest BCUT2D eigenvalue weighted by Gasteiger charge is -2.55. The van der Waals surface area contributed by atoms with Gasteiger partial charge in [0.15, 0.2) is 0 Å². The maximum absolute atomic E-state index is 12.8. The second kappa shape index (κ2) is 4.80. The van der Waals surface area contributed by atoms with Crippen molar-refractivity contribution in [2.24, 2.45) is 28.9 Å². The zero-order valence-electron chi connectivity index (χ0n) is 12.3. The monoisotopic (exact) mass is 285 g/mol. The van der Waals surface area contributed by atoms with Crippen molar-refractivity contribution in [1.29, 1.82) is 0 Å². The summed E-state index contributed by atoms with van der Waals surface area (Å²) < 4.78 is 0. The highest BCUT2D eigenvalue weighted by atomic mass is 16.2. The Balaban J connectivity index is 1.51. The molecule has 1 aromatic rings. The van der Waals surface area contributed by atoms with E-state index < -0.39 is 0 Å².